The highest BCUT2D eigenvalue weighted by Gasteiger charge is 2.33. The largest absolute Gasteiger partial charge is 0.417 e. The third-order valence-electron chi connectivity index (χ3n) is 4.21. The molecule has 1 amide bonds. The minimum Gasteiger partial charge on any atom is -0.335 e. The molecular weight excluding hydrogens is 397 g/mol. The molecule has 0 fully saturated rings. The van der Waals surface area contributed by atoms with Crippen LogP contribution in [0.1, 0.15) is 29.7 Å². The SMILES string of the molecule is C[C@@H](c1cccc([N+](=O)[O-])c1)N(C)C(=O)/C=C/c1ccc(Cl)c(C(F)(F)F)c1. The number of nitrogens with zero attached hydrogens (tertiary/aromatic N) is 2. The summed E-state index contributed by atoms with van der Waals surface area (Å²) in [5, 5.41) is 10.5. The highest BCUT2D eigenvalue weighted by molar-refractivity contribution is 6.31. The van der Waals surface area contributed by atoms with Gasteiger partial charge in [-0.05, 0) is 36.3 Å². The molecule has 148 valence electrons. The van der Waals surface area contributed by atoms with Crippen LogP contribution in [0.25, 0.3) is 6.08 Å². The lowest BCUT2D eigenvalue weighted by atomic mass is 10.1. The van der Waals surface area contributed by atoms with Crippen molar-refractivity contribution < 1.29 is 22.9 Å². The molecule has 0 bridgehead atoms. The van der Waals surface area contributed by atoms with Crippen LogP contribution in [0.2, 0.25) is 5.02 Å². The van der Waals surface area contributed by atoms with Gasteiger partial charge in [-0.15, -0.1) is 0 Å². The minimum absolute atomic E-state index is 0.0958. The summed E-state index contributed by atoms with van der Waals surface area (Å²) >= 11 is 5.57. The molecule has 0 heterocycles. The number of carbonyl (C=O) groups is 1. The standard InChI is InChI=1S/C19H16ClF3N2O3/c1-12(14-4-3-5-15(11-14)25(27)28)24(2)18(26)9-7-13-6-8-17(20)16(10-13)19(21,22)23/h3-12H,1-2H3/b9-7+/t12-/m0/s1. The van der Waals surface area contributed by atoms with Crippen LogP contribution < -0.4 is 0 Å². The monoisotopic (exact) mass is 412 g/mol. The molecule has 0 aliphatic carbocycles. The Labute approximate surface area is 164 Å². The Balaban J connectivity index is 2.18. The van der Waals surface area contributed by atoms with Crippen molar-refractivity contribution in [1.29, 1.82) is 0 Å². The van der Waals surface area contributed by atoms with E-state index in [-0.39, 0.29) is 11.3 Å². The van der Waals surface area contributed by atoms with E-state index in [1.165, 1.54) is 42.3 Å². The van der Waals surface area contributed by atoms with E-state index >= 15 is 0 Å². The topological polar surface area (TPSA) is 63.5 Å². The van der Waals surface area contributed by atoms with Gasteiger partial charge in [-0.1, -0.05) is 29.8 Å². The van der Waals surface area contributed by atoms with Gasteiger partial charge in [0.2, 0.25) is 5.91 Å². The maximum atomic E-state index is 12.9. The third kappa shape index (κ3) is 5.10. The van der Waals surface area contributed by atoms with Crippen molar-refractivity contribution in [2.24, 2.45) is 0 Å². The van der Waals surface area contributed by atoms with Crippen molar-refractivity contribution in [2.45, 2.75) is 19.1 Å². The zero-order chi connectivity index (χ0) is 21.1. The summed E-state index contributed by atoms with van der Waals surface area (Å²) in [6.45, 7) is 1.69. The first-order valence-corrected chi connectivity index (χ1v) is 8.44. The lowest BCUT2D eigenvalue weighted by molar-refractivity contribution is -0.384. The van der Waals surface area contributed by atoms with E-state index in [1.54, 1.807) is 13.0 Å². The molecule has 2 rings (SSSR count). The molecule has 0 aromatic heterocycles. The Bertz CT molecular complexity index is 929. The highest BCUT2D eigenvalue weighted by atomic mass is 35.5. The van der Waals surface area contributed by atoms with E-state index in [4.69, 9.17) is 11.6 Å². The molecule has 0 aliphatic heterocycles. The summed E-state index contributed by atoms with van der Waals surface area (Å²) in [5.74, 6) is -0.470. The number of alkyl halides is 3. The first-order chi connectivity index (χ1) is 13.0. The third-order valence-corrected chi connectivity index (χ3v) is 4.54. The van der Waals surface area contributed by atoms with Crippen molar-refractivity contribution in [3.8, 4) is 0 Å². The molecule has 2 aromatic rings. The molecule has 0 spiro atoms. The average molecular weight is 413 g/mol. The molecule has 0 radical (unpaired) electrons. The predicted octanol–water partition coefficient (Wildman–Crippen LogP) is 5.50. The van der Waals surface area contributed by atoms with E-state index in [0.717, 1.165) is 18.2 Å². The van der Waals surface area contributed by atoms with Crippen LogP contribution in [0, 0.1) is 10.1 Å². The lowest BCUT2D eigenvalue weighted by Gasteiger charge is -2.24. The van der Waals surface area contributed by atoms with E-state index < -0.39 is 33.6 Å². The van der Waals surface area contributed by atoms with Gasteiger partial charge >= 0.3 is 6.18 Å². The quantitative estimate of drug-likeness (QED) is 0.370. The smallest absolute Gasteiger partial charge is 0.335 e. The van der Waals surface area contributed by atoms with E-state index in [9.17, 15) is 28.1 Å². The van der Waals surface area contributed by atoms with Crippen molar-refractivity contribution in [3.05, 3.63) is 80.4 Å². The van der Waals surface area contributed by atoms with Gasteiger partial charge < -0.3 is 4.90 Å². The number of benzene rings is 2. The number of nitro benzene ring substituents is 1. The van der Waals surface area contributed by atoms with Gasteiger partial charge in [0.15, 0.2) is 0 Å². The zero-order valence-electron chi connectivity index (χ0n) is 14.9. The number of nitro groups is 1. The van der Waals surface area contributed by atoms with Crippen LogP contribution in [-0.4, -0.2) is 22.8 Å². The van der Waals surface area contributed by atoms with Crippen molar-refractivity contribution in [2.75, 3.05) is 7.05 Å². The molecule has 1 atom stereocenters. The summed E-state index contributed by atoms with van der Waals surface area (Å²) in [5.41, 5.74) is -0.352. The van der Waals surface area contributed by atoms with Crippen LogP contribution in [0.4, 0.5) is 18.9 Å². The van der Waals surface area contributed by atoms with Gasteiger partial charge in [-0.2, -0.15) is 13.2 Å². The van der Waals surface area contributed by atoms with Crippen LogP contribution in [-0.2, 0) is 11.0 Å². The van der Waals surface area contributed by atoms with Crippen molar-refractivity contribution in [1.82, 2.24) is 4.90 Å². The normalized spacial score (nSPS) is 12.8. The Hall–Kier alpha value is -2.87. The molecule has 0 saturated heterocycles. The number of rotatable bonds is 5. The number of hydrogen-bond donors (Lipinski definition) is 0. The Morgan fingerprint density at radius 3 is 2.54 bits per heavy atom. The molecule has 0 aliphatic rings. The van der Waals surface area contributed by atoms with Gasteiger partial charge in [0, 0.05) is 25.3 Å². The summed E-state index contributed by atoms with van der Waals surface area (Å²) in [7, 11) is 1.50. The number of non-ortho nitro benzene ring substituents is 1. The second-order valence-electron chi connectivity index (χ2n) is 6.05. The molecular formula is C19H16ClF3N2O3. The van der Waals surface area contributed by atoms with Crippen LogP contribution in [0.5, 0.6) is 0 Å². The van der Waals surface area contributed by atoms with Crippen molar-refractivity contribution in [3.63, 3.8) is 0 Å². The molecule has 0 N–H and O–H groups in total. The van der Waals surface area contributed by atoms with Crippen LogP contribution >= 0.6 is 11.6 Å². The van der Waals surface area contributed by atoms with Crippen molar-refractivity contribution >= 4 is 29.3 Å². The molecule has 28 heavy (non-hydrogen) atoms. The van der Waals surface area contributed by atoms with Gasteiger partial charge in [0.25, 0.3) is 5.69 Å². The fourth-order valence-electron chi connectivity index (χ4n) is 2.46. The molecule has 2 aromatic carbocycles. The first kappa shape index (κ1) is 21.4. The van der Waals surface area contributed by atoms with E-state index in [2.05, 4.69) is 0 Å². The van der Waals surface area contributed by atoms with Crippen LogP contribution in [0.15, 0.2) is 48.5 Å². The Morgan fingerprint density at radius 2 is 1.93 bits per heavy atom. The summed E-state index contributed by atoms with van der Waals surface area (Å²) in [4.78, 5) is 24.0. The Kier molecular flexibility index (Phi) is 6.45. The maximum absolute atomic E-state index is 12.9. The lowest BCUT2D eigenvalue weighted by Crippen LogP contribution is -2.28. The molecule has 9 heteroatoms. The molecule has 5 nitrogen and oxygen atoms in total. The number of halogens is 4. The molecule has 0 unspecified atom stereocenters. The van der Waals surface area contributed by atoms with E-state index in [0.29, 0.717) is 5.56 Å². The summed E-state index contributed by atoms with van der Waals surface area (Å²) in [6.07, 6.45) is -2.21. The van der Waals surface area contributed by atoms with Gasteiger partial charge in [-0.3, -0.25) is 14.9 Å². The summed E-state index contributed by atoms with van der Waals surface area (Å²) < 4.78 is 38.7. The predicted molar refractivity (Wildman–Crippen MR) is 99.8 cm³/mol. The fraction of sp³-hybridized carbons (Fsp3) is 0.211. The van der Waals surface area contributed by atoms with Gasteiger partial charge in [0.05, 0.1) is 21.6 Å². The summed E-state index contributed by atoms with van der Waals surface area (Å²) in [6, 6.07) is 8.74. The molecule has 0 saturated carbocycles. The first-order valence-electron chi connectivity index (χ1n) is 8.06. The Morgan fingerprint density at radius 1 is 1.25 bits per heavy atom. The highest BCUT2D eigenvalue weighted by Crippen LogP contribution is 2.35. The number of amides is 1. The van der Waals surface area contributed by atoms with Gasteiger partial charge in [0.1, 0.15) is 0 Å². The number of likely N-dealkylation sites (N-methyl/N-ethyl adjacent to an activating group) is 1. The zero-order valence-corrected chi connectivity index (χ0v) is 15.7. The maximum Gasteiger partial charge on any atom is 0.417 e. The van der Waals surface area contributed by atoms with Crippen LogP contribution in [0.3, 0.4) is 0 Å². The minimum atomic E-state index is -4.60. The second kappa shape index (κ2) is 8.43. The fourth-order valence-corrected chi connectivity index (χ4v) is 2.69. The number of carbonyl (C=O) groups excluding carboxylic acids is 1. The number of hydrogen-bond acceptors (Lipinski definition) is 3. The second-order valence-corrected chi connectivity index (χ2v) is 6.45. The average Bonchev–Trinajstić information content (AvgIpc) is 2.65. The van der Waals surface area contributed by atoms with E-state index in [1.807, 2.05) is 0 Å². The van der Waals surface area contributed by atoms with Gasteiger partial charge in [-0.25, -0.2) is 0 Å².